The van der Waals surface area contributed by atoms with E-state index in [1.165, 1.54) is 22.3 Å². The van der Waals surface area contributed by atoms with Crippen LogP contribution < -0.4 is 31.9 Å². The van der Waals surface area contributed by atoms with Gasteiger partial charge in [0.1, 0.15) is 11.6 Å². The molecule has 1 aromatic carbocycles. The summed E-state index contributed by atoms with van der Waals surface area (Å²) < 4.78 is 0. The Kier molecular flexibility index (Phi) is 10.4. The molecule has 4 heterocycles. The molecule has 2 aromatic heterocycles. The summed E-state index contributed by atoms with van der Waals surface area (Å²) in [6.45, 7) is 4.01. The first-order chi connectivity index (χ1) is 22.6. The first-order valence-corrected chi connectivity index (χ1v) is 16.5. The van der Waals surface area contributed by atoms with Crippen LogP contribution in [0.15, 0.2) is 77.9 Å². The lowest BCUT2D eigenvalue weighted by molar-refractivity contribution is 0.240. The first-order valence-electron chi connectivity index (χ1n) is 16.5. The molecule has 240 valence electrons. The molecule has 1 atom stereocenters. The third kappa shape index (κ3) is 8.65. The number of nitrogens with zero attached hydrogens (tertiary/aromatic N) is 2. The molecule has 0 saturated heterocycles. The fraction of sp³-hybridized carbons (Fsp3) is 0.389. The molecule has 10 nitrogen and oxygen atoms in total. The van der Waals surface area contributed by atoms with Crippen molar-refractivity contribution in [3.8, 4) is 0 Å². The molecule has 3 aromatic rings. The Morgan fingerprint density at radius 3 is 2.20 bits per heavy atom. The molecule has 1 aliphatic carbocycles. The highest BCUT2D eigenvalue weighted by molar-refractivity contribution is 5.74. The third-order valence-corrected chi connectivity index (χ3v) is 8.77. The van der Waals surface area contributed by atoms with Crippen LogP contribution in [0.4, 0.5) is 21.2 Å². The van der Waals surface area contributed by atoms with Gasteiger partial charge in [-0.25, -0.2) is 19.6 Å². The molecule has 6 rings (SSSR count). The number of nitrogens with one attached hydrogen (secondary N) is 6. The fourth-order valence-electron chi connectivity index (χ4n) is 6.20. The second-order valence-electron chi connectivity index (χ2n) is 12.2. The van der Waals surface area contributed by atoms with Crippen LogP contribution in [0.5, 0.6) is 0 Å². The number of aromatic nitrogens is 2. The van der Waals surface area contributed by atoms with Gasteiger partial charge in [0.2, 0.25) is 0 Å². The first kappa shape index (κ1) is 31.1. The quantitative estimate of drug-likeness (QED) is 0.175. The molecule has 1 unspecified atom stereocenters. The number of allylic oxidation sites excluding steroid dienone is 2. The lowest BCUT2D eigenvalue weighted by Gasteiger charge is -2.26. The molecule has 0 saturated carbocycles. The van der Waals surface area contributed by atoms with Gasteiger partial charge >= 0.3 is 12.1 Å². The molecule has 46 heavy (non-hydrogen) atoms. The zero-order valence-electron chi connectivity index (χ0n) is 26.3. The van der Waals surface area contributed by atoms with Gasteiger partial charge in [0.05, 0.1) is 0 Å². The minimum Gasteiger partial charge on any atom is -0.370 e. The van der Waals surface area contributed by atoms with E-state index in [1.54, 1.807) is 0 Å². The van der Waals surface area contributed by atoms with Gasteiger partial charge in [0.25, 0.3) is 0 Å². The molecule has 0 bridgehead atoms. The van der Waals surface area contributed by atoms with Crippen LogP contribution in [0.3, 0.4) is 0 Å². The van der Waals surface area contributed by atoms with Crippen molar-refractivity contribution >= 4 is 23.7 Å². The van der Waals surface area contributed by atoms with E-state index in [0.29, 0.717) is 44.9 Å². The van der Waals surface area contributed by atoms with Gasteiger partial charge in [-0.3, -0.25) is 0 Å². The van der Waals surface area contributed by atoms with Gasteiger partial charge in [0, 0.05) is 69.4 Å². The summed E-state index contributed by atoms with van der Waals surface area (Å²) in [5, 5.41) is 18.7. The van der Waals surface area contributed by atoms with Crippen molar-refractivity contribution in [2.75, 3.05) is 43.4 Å². The average molecular weight is 621 g/mol. The highest BCUT2D eigenvalue weighted by atomic mass is 16.2. The van der Waals surface area contributed by atoms with E-state index in [-0.39, 0.29) is 12.1 Å². The molecule has 2 aliphatic heterocycles. The van der Waals surface area contributed by atoms with Crippen LogP contribution in [-0.4, -0.2) is 54.8 Å². The van der Waals surface area contributed by atoms with Gasteiger partial charge in [-0.15, -0.1) is 0 Å². The number of hydrogen-bond donors (Lipinski definition) is 6. The molecule has 10 heteroatoms. The molecule has 3 aliphatic rings. The number of carbonyl (C=O) groups is 2. The van der Waals surface area contributed by atoms with Crippen LogP contribution in [-0.2, 0) is 32.2 Å². The SMILES string of the molecule is O=C(NCCC1=CC(C2CNc3nc(CCNC(=O)NCc4ccccc4)ccc3C2)=CC1)NCCc1ccc2c(n1)NCCC2. The van der Waals surface area contributed by atoms with Crippen molar-refractivity contribution in [3.05, 3.63) is 106 Å². The monoisotopic (exact) mass is 620 g/mol. The normalized spacial score (nSPS) is 16.5. The summed E-state index contributed by atoms with van der Waals surface area (Å²) in [5.41, 5.74) is 8.22. The number of rotatable bonds is 12. The number of amides is 4. The number of fused-ring (bicyclic) bond motifs is 2. The Balaban J connectivity index is 0.870. The van der Waals surface area contributed by atoms with E-state index in [4.69, 9.17) is 9.97 Å². The summed E-state index contributed by atoms with van der Waals surface area (Å²) in [7, 11) is 0. The number of aryl methyl sites for hydroxylation is 1. The van der Waals surface area contributed by atoms with Crippen LogP contribution in [0.25, 0.3) is 0 Å². The molecule has 6 N–H and O–H groups in total. The number of pyridine rings is 2. The van der Waals surface area contributed by atoms with Gasteiger partial charge in [-0.1, -0.05) is 60.2 Å². The lowest BCUT2D eigenvalue weighted by Crippen LogP contribution is -2.37. The Morgan fingerprint density at radius 1 is 0.761 bits per heavy atom. The Labute approximate surface area is 271 Å². The second kappa shape index (κ2) is 15.4. The second-order valence-corrected chi connectivity index (χ2v) is 12.2. The van der Waals surface area contributed by atoms with E-state index in [2.05, 4.69) is 68.3 Å². The summed E-state index contributed by atoms with van der Waals surface area (Å²) >= 11 is 0. The maximum atomic E-state index is 12.3. The van der Waals surface area contributed by atoms with E-state index in [0.717, 1.165) is 73.8 Å². The molecule has 4 amide bonds. The number of anilines is 2. The smallest absolute Gasteiger partial charge is 0.315 e. The van der Waals surface area contributed by atoms with E-state index in [1.807, 2.05) is 30.3 Å². The summed E-state index contributed by atoms with van der Waals surface area (Å²) in [5.74, 6) is 2.34. The number of hydrogen-bond acceptors (Lipinski definition) is 6. The highest BCUT2D eigenvalue weighted by Gasteiger charge is 2.24. The lowest BCUT2D eigenvalue weighted by atomic mass is 9.89. The van der Waals surface area contributed by atoms with Crippen molar-refractivity contribution in [2.45, 2.75) is 51.5 Å². The standard InChI is InChI=1S/C36H44N8O2/c45-35(39-19-15-31-12-10-27-7-4-17-37-33(27)43-31)38-18-14-25-8-9-28(21-25)30-22-29-11-13-32(44-34(29)41-24-30)16-20-40-36(46)42-23-26-5-2-1-3-6-26/h1-3,5-6,9-13,21,30H,4,7-8,14-20,22-24H2,(H,37,43)(H,41,44)(H2,38,39,45)(H2,40,42,46). The Hall–Kier alpha value is -4.86. The predicted molar refractivity (Wildman–Crippen MR) is 182 cm³/mol. The van der Waals surface area contributed by atoms with Crippen molar-refractivity contribution in [2.24, 2.45) is 5.92 Å². The number of benzene rings is 1. The predicted octanol–water partition coefficient (Wildman–Crippen LogP) is 4.65. The summed E-state index contributed by atoms with van der Waals surface area (Å²) in [6, 6.07) is 18.0. The van der Waals surface area contributed by atoms with Crippen LogP contribution >= 0.6 is 0 Å². The van der Waals surface area contributed by atoms with Crippen LogP contribution in [0, 0.1) is 5.92 Å². The maximum Gasteiger partial charge on any atom is 0.315 e. The summed E-state index contributed by atoms with van der Waals surface area (Å²) in [6.07, 6.45) is 11.0. The largest absolute Gasteiger partial charge is 0.370 e. The zero-order valence-corrected chi connectivity index (χ0v) is 26.3. The molecular weight excluding hydrogens is 576 g/mol. The summed E-state index contributed by atoms with van der Waals surface area (Å²) in [4.78, 5) is 34.0. The van der Waals surface area contributed by atoms with Crippen molar-refractivity contribution in [1.29, 1.82) is 0 Å². The van der Waals surface area contributed by atoms with Crippen LogP contribution in [0.1, 0.15) is 47.3 Å². The minimum atomic E-state index is -0.175. The Morgan fingerprint density at radius 2 is 1.43 bits per heavy atom. The minimum absolute atomic E-state index is 0.134. The molecule has 0 fully saturated rings. The van der Waals surface area contributed by atoms with E-state index in [9.17, 15) is 9.59 Å². The highest BCUT2D eigenvalue weighted by Crippen LogP contribution is 2.32. The molecule has 0 spiro atoms. The van der Waals surface area contributed by atoms with Gasteiger partial charge in [-0.2, -0.15) is 0 Å². The van der Waals surface area contributed by atoms with Gasteiger partial charge < -0.3 is 31.9 Å². The Bertz CT molecular complexity index is 1590. The zero-order chi connectivity index (χ0) is 31.6. The molecular formula is C36H44N8O2. The number of carbonyl (C=O) groups excluding carboxylic acids is 2. The average Bonchev–Trinajstić information content (AvgIpc) is 3.56. The van der Waals surface area contributed by atoms with Crippen molar-refractivity contribution in [1.82, 2.24) is 31.2 Å². The third-order valence-electron chi connectivity index (χ3n) is 8.77. The van der Waals surface area contributed by atoms with Crippen molar-refractivity contribution in [3.63, 3.8) is 0 Å². The van der Waals surface area contributed by atoms with Gasteiger partial charge in [-0.05, 0) is 66.5 Å². The van der Waals surface area contributed by atoms with E-state index >= 15 is 0 Å². The number of urea groups is 2. The van der Waals surface area contributed by atoms with E-state index < -0.39 is 0 Å². The topological polar surface area (TPSA) is 132 Å². The molecule has 0 radical (unpaired) electrons. The van der Waals surface area contributed by atoms with Crippen LogP contribution in [0.2, 0.25) is 0 Å². The van der Waals surface area contributed by atoms with Gasteiger partial charge in [0.15, 0.2) is 0 Å². The van der Waals surface area contributed by atoms with Crippen molar-refractivity contribution < 1.29 is 9.59 Å². The fourth-order valence-corrected chi connectivity index (χ4v) is 6.20. The maximum absolute atomic E-state index is 12.3.